The van der Waals surface area contributed by atoms with Crippen molar-refractivity contribution in [1.82, 2.24) is 15.2 Å². The summed E-state index contributed by atoms with van der Waals surface area (Å²) in [5, 5.41) is 3.24. The van der Waals surface area contributed by atoms with E-state index in [2.05, 4.69) is 10.3 Å². The van der Waals surface area contributed by atoms with E-state index in [0.717, 1.165) is 6.07 Å². The van der Waals surface area contributed by atoms with Crippen molar-refractivity contribution in [2.75, 3.05) is 26.2 Å². The fourth-order valence-electron chi connectivity index (χ4n) is 4.47. The molecule has 0 radical (unpaired) electrons. The average molecular weight is 484 g/mol. The van der Waals surface area contributed by atoms with Gasteiger partial charge in [-0.05, 0) is 61.8 Å². The van der Waals surface area contributed by atoms with E-state index < -0.39 is 17.8 Å². The minimum atomic E-state index is -4.58. The number of halogens is 3. The van der Waals surface area contributed by atoms with Crippen molar-refractivity contribution in [3.8, 4) is 5.75 Å². The molecule has 2 heterocycles. The van der Waals surface area contributed by atoms with Crippen LogP contribution in [0.4, 0.5) is 13.2 Å². The standard InChI is InChI=1S/C27H28F3N3O2/c28-27(29,30)23-11-5-4-10-22(23)25(24-12-6-7-15-32-24)33(26(34)20-13-16-31-17-14-20)18-19-35-21-8-2-1-3-9-21/h1-12,15,20,25,31H,13-14,16-19H2. The summed E-state index contributed by atoms with van der Waals surface area (Å²) in [4.78, 5) is 19.7. The molecule has 1 unspecified atom stereocenters. The summed E-state index contributed by atoms with van der Waals surface area (Å²) >= 11 is 0. The molecule has 184 valence electrons. The van der Waals surface area contributed by atoms with Gasteiger partial charge in [-0.1, -0.05) is 42.5 Å². The van der Waals surface area contributed by atoms with E-state index >= 15 is 0 Å². The van der Waals surface area contributed by atoms with Crippen LogP contribution in [0, 0.1) is 5.92 Å². The lowest BCUT2D eigenvalue weighted by Crippen LogP contribution is -2.45. The third-order valence-corrected chi connectivity index (χ3v) is 6.16. The topological polar surface area (TPSA) is 54.5 Å². The number of ether oxygens (including phenoxy) is 1. The molecule has 0 saturated carbocycles. The molecule has 1 atom stereocenters. The van der Waals surface area contributed by atoms with Gasteiger partial charge in [0.25, 0.3) is 0 Å². The molecule has 1 fully saturated rings. The second-order valence-electron chi connectivity index (χ2n) is 8.46. The number of alkyl halides is 3. The highest BCUT2D eigenvalue weighted by atomic mass is 19.4. The van der Waals surface area contributed by atoms with Crippen LogP contribution >= 0.6 is 0 Å². The molecule has 4 rings (SSSR count). The number of amides is 1. The van der Waals surface area contributed by atoms with Crippen molar-refractivity contribution in [3.05, 3.63) is 95.8 Å². The molecule has 0 spiro atoms. The van der Waals surface area contributed by atoms with Gasteiger partial charge in [-0.25, -0.2) is 0 Å². The van der Waals surface area contributed by atoms with E-state index in [1.54, 1.807) is 36.4 Å². The number of pyridine rings is 1. The highest BCUT2D eigenvalue weighted by Crippen LogP contribution is 2.39. The monoisotopic (exact) mass is 483 g/mol. The van der Waals surface area contributed by atoms with Crippen molar-refractivity contribution < 1.29 is 22.7 Å². The Morgan fingerprint density at radius 3 is 2.37 bits per heavy atom. The summed E-state index contributed by atoms with van der Waals surface area (Å²) < 4.78 is 48.0. The van der Waals surface area contributed by atoms with Gasteiger partial charge < -0.3 is 15.0 Å². The van der Waals surface area contributed by atoms with Crippen LogP contribution in [0.3, 0.4) is 0 Å². The summed E-state index contributed by atoms with van der Waals surface area (Å²) in [6.07, 6.45) is -1.78. The molecule has 0 bridgehead atoms. The number of carbonyl (C=O) groups is 1. The fraction of sp³-hybridized carbons (Fsp3) is 0.333. The number of hydrogen-bond donors (Lipinski definition) is 1. The van der Waals surface area contributed by atoms with Crippen LogP contribution in [0.1, 0.15) is 35.7 Å². The lowest BCUT2D eigenvalue weighted by molar-refractivity contribution is -0.142. The Kier molecular flexibility index (Phi) is 8.02. The van der Waals surface area contributed by atoms with Crippen molar-refractivity contribution in [1.29, 1.82) is 0 Å². The number of nitrogens with one attached hydrogen (secondary N) is 1. The van der Waals surface area contributed by atoms with Gasteiger partial charge in [-0.2, -0.15) is 13.2 Å². The van der Waals surface area contributed by atoms with E-state index in [9.17, 15) is 18.0 Å². The Labute approximate surface area is 202 Å². The summed E-state index contributed by atoms with van der Waals surface area (Å²) in [6, 6.07) is 18.6. The molecule has 35 heavy (non-hydrogen) atoms. The quantitative estimate of drug-likeness (QED) is 0.485. The number of rotatable bonds is 8. The molecule has 2 aromatic carbocycles. The van der Waals surface area contributed by atoms with Crippen LogP contribution in [0.25, 0.3) is 0 Å². The van der Waals surface area contributed by atoms with Crippen molar-refractivity contribution in [3.63, 3.8) is 0 Å². The molecule has 1 saturated heterocycles. The number of benzene rings is 2. The molecule has 1 amide bonds. The highest BCUT2D eigenvalue weighted by molar-refractivity contribution is 5.80. The van der Waals surface area contributed by atoms with Crippen molar-refractivity contribution in [2.45, 2.75) is 25.1 Å². The lowest BCUT2D eigenvalue weighted by atomic mass is 9.91. The Morgan fingerprint density at radius 1 is 1.00 bits per heavy atom. The van der Waals surface area contributed by atoms with Gasteiger partial charge in [0.2, 0.25) is 5.91 Å². The Bertz CT molecular complexity index is 1090. The van der Waals surface area contributed by atoms with Crippen LogP contribution in [0.5, 0.6) is 5.75 Å². The average Bonchev–Trinajstić information content (AvgIpc) is 2.89. The molecule has 1 aliphatic heterocycles. The Morgan fingerprint density at radius 2 is 1.69 bits per heavy atom. The number of piperidine rings is 1. The molecule has 1 aromatic heterocycles. The highest BCUT2D eigenvalue weighted by Gasteiger charge is 2.39. The zero-order chi connectivity index (χ0) is 24.7. The number of carbonyl (C=O) groups excluding carboxylic acids is 1. The van der Waals surface area contributed by atoms with Crippen molar-refractivity contribution >= 4 is 5.91 Å². The fourth-order valence-corrected chi connectivity index (χ4v) is 4.47. The number of aromatic nitrogens is 1. The van der Waals surface area contributed by atoms with Crippen LogP contribution < -0.4 is 10.1 Å². The molecule has 1 N–H and O–H groups in total. The van der Waals surface area contributed by atoms with Gasteiger partial charge in [0.15, 0.2) is 0 Å². The first-order chi connectivity index (χ1) is 16.9. The number of nitrogens with zero attached hydrogens (tertiary/aromatic N) is 2. The maximum Gasteiger partial charge on any atom is 0.416 e. The normalized spacial score (nSPS) is 15.4. The SMILES string of the molecule is O=C(C1CCNCC1)N(CCOc1ccccc1)C(c1ccccn1)c1ccccc1C(F)(F)F. The second kappa shape index (κ2) is 11.4. The molecule has 5 nitrogen and oxygen atoms in total. The zero-order valence-corrected chi connectivity index (χ0v) is 19.2. The third kappa shape index (κ3) is 6.19. The summed E-state index contributed by atoms with van der Waals surface area (Å²) in [7, 11) is 0. The van der Waals surface area contributed by atoms with Gasteiger partial charge in [-0.15, -0.1) is 0 Å². The van der Waals surface area contributed by atoms with Crippen LogP contribution in [0.2, 0.25) is 0 Å². The van der Waals surface area contributed by atoms with Crippen LogP contribution in [-0.2, 0) is 11.0 Å². The van der Waals surface area contributed by atoms with Gasteiger partial charge in [0, 0.05) is 12.1 Å². The number of hydrogen-bond acceptors (Lipinski definition) is 4. The largest absolute Gasteiger partial charge is 0.492 e. The first kappa shape index (κ1) is 24.7. The molecular formula is C27H28F3N3O2. The maximum absolute atomic E-state index is 14.1. The second-order valence-corrected chi connectivity index (χ2v) is 8.46. The minimum Gasteiger partial charge on any atom is -0.492 e. The van der Waals surface area contributed by atoms with Gasteiger partial charge >= 0.3 is 6.18 Å². The smallest absolute Gasteiger partial charge is 0.416 e. The Balaban J connectivity index is 1.74. The minimum absolute atomic E-state index is 0.000644. The molecule has 1 aliphatic rings. The summed E-state index contributed by atoms with van der Waals surface area (Å²) in [6.45, 7) is 1.64. The Hall–Kier alpha value is -3.39. The van der Waals surface area contributed by atoms with Gasteiger partial charge in [0.05, 0.1) is 17.8 Å². The van der Waals surface area contributed by atoms with Gasteiger partial charge in [0.1, 0.15) is 18.4 Å². The van der Waals surface area contributed by atoms with E-state index in [4.69, 9.17) is 4.74 Å². The van der Waals surface area contributed by atoms with E-state index in [0.29, 0.717) is 37.4 Å². The molecule has 8 heteroatoms. The van der Waals surface area contributed by atoms with Gasteiger partial charge in [-0.3, -0.25) is 9.78 Å². The maximum atomic E-state index is 14.1. The summed E-state index contributed by atoms with van der Waals surface area (Å²) in [5.41, 5.74) is -0.394. The predicted octanol–water partition coefficient (Wildman–Crippen LogP) is 5.10. The van der Waals surface area contributed by atoms with E-state index in [-0.39, 0.29) is 30.5 Å². The van der Waals surface area contributed by atoms with Crippen LogP contribution in [-0.4, -0.2) is 42.0 Å². The zero-order valence-electron chi connectivity index (χ0n) is 19.2. The van der Waals surface area contributed by atoms with E-state index in [1.807, 2.05) is 18.2 Å². The van der Waals surface area contributed by atoms with Crippen LogP contribution in [0.15, 0.2) is 79.0 Å². The molecular weight excluding hydrogens is 455 g/mol. The first-order valence-electron chi connectivity index (χ1n) is 11.7. The van der Waals surface area contributed by atoms with E-state index in [1.165, 1.54) is 23.2 Å². The third-order valence-electron chi connectivity index (χ3n) is 6.16. The number of para-hydroxylation sites is 1. The first-order valence-corrected chi connectivity index (χ1v) is 11.7. The summed E-state index contributed by atoms with van der Waals surface area (Å²) in [5.74, 6) is 0.167. The lowest BCUT2D eigenvalue weighted by Gasteiger charge is -2.36. The van der Waals surface area contributed by atoms with Crippen molar-refractivity contribution in [2.24, 2.45) is 5.92 Å². The predicted molar refractivity (Wildman–Crippen MR) is 127 cm³/mol. The molecule has 0 aliphatic carbocycles. The molecule has 3 aromatic rings.